The standard InChI is InChI=1S/C50H58F4N2/c1-3-5-7-9-11-13-15-17-19-37-21-27-41(28-22-37)55-47(39-25-31-43(51)45(53)33-39)35-50-49(55)36-48(40-26-32-44(52)46(54)34-40)56(50)42-29-23-38(24-30-42)20-18-16-14-12-10-8-6-4-2/h21-36H,3-20H2,1-2H3. The Labute approximate surface area is 331 Å². The van der Waals surface area contributed by atoms with E-state index < -0.39 is 23.3 Å². The molecule has 0 saturated carbocycles. The molecular formula is C50H58F4N2. The lowest BCUT2D eigenvalue weighted by Gasteiger charge is -2.13. The van der Waals surface area contributed by atoms with Crippen LogP contribution in [0, 0.1) is 23.3 Å². The summed E-state index contributed by atoms with van der Waals surface area (Å²) in [5, 5.41) is 0. The average molecular weight is 763 g/mol. The van der Waals surface area contributed by atoms with Crippen LogP contribution in [-0.2, 0) is 12.8 Å². The average Bonchev–Trinajstić information content (AvgIpc) is 3.76. The van der Waals surface area contributed by atoms with Crippen LogP contribution in [0.3, 0.4) is 0 Å². The number of fused-ring (bicyclic) bond motifs is 1. The van der Waals surface area contributed by atoms with E-state index in [0.717, 1.165) is 60.2 Å². The molecule has 0 atom stereocenters. The normalized spacial score (nSPS) is 11.6. The van der Waals surface area contributed by atoms with Gasteiger partial charge < -0.3 is 9.13 Å². The lowest BCUT2D eigenvalue weighted by molar-refractivity contribution is 0.509. The summed E-state index contributed by atoms with van der Waals surface area (Å²) in [6, 6.07) is 28.9. The van der Waals surface area contributed by atoms with Gasteiger partial charge in [-0.15, -0.1) is 0 Å². The van der Waals surface area contributed by atoms with Crippen LogP contribution in [-0.4, -0.2) is 9.13 Å². The molecule has 0 spiro atoms. The summed E-state index contributed by atoms with van der Waals surface area (Å²) in [7, 11) is 0. The van der Waals surface area contributed by atoms with Crippen LogP contribution in [0.25, 0.3) is 44.9 Å². The Morgan fingerprint density at radius 1 is 0.357 bits per heavy atom. The smallest absolute Gasteiger partial charge is 0.159 e. The third-order valence-corrected chi connectivity index (χ3v) is 11.2. The predicted molar refractivity (Wildman–Crippen MR) is 226 cm³/mol. The highest BCUT2D eigenvalue weighted by atomic mass is 19.2. The summed E-state index contributed by atoms with van der Waals surface area (Å²) < 4.78 is 62.0. The fourth-order valence-electron chi connectivity index (χ4n) is 8.00. The molecule has 0 unspecified atom stereocenters. The molecule has 296 valence electrons. The summed E-state index contributed by atoms with van der Waals surface area (Å²) in [5.74, 6) is -3.64. The number of hydrogen-bond donors (Lipinski definition) is 0. The molecule has 0 aliphatic carbocycles. The van der Waals surface area contributed by atoms with Crippen LogP contribution < -0.4 is 0 Å². The van der Waals surface area contributed by atoms with E-state index in [1.165, 1.54) is 113 Å². The zero-order valence-corrected chi connectivity index (χ0v) is 33.4. The third-order valence-electron chi connectivity index (χ3n) is 11.2. The summed E-state index contributed by atoms with van der Waals surface area (Å²) in [5.41, 5.74) is 8.32. The molecule has 6 rings (SSSR count). The van der Waals surface area contributed by atoms with Crippen LogP contribution in [0.15, 0.2) is 97.1 Å². The molecule has 4 aromatic carbocycles. The third kappa shape index (κ3) is 10.4. The first-order valence-corrected chi connectivity index (χ1v) is 21.2. The molecule has 0 bridgehead atoms. The van der Waals surface area contributed by atoms with Crippen molar-refractivity contribution in [1.29, 1.82) is 0 Å². The van der Waals surface area contributed by atoms with Crippen molar-refractivity contribution in [1.82, 2.24) is 9.13 Å². The Balaban J connectivity index is 1.33. The van der Waals surface area contributed by atoms with Gasteiger partial charge in [0.05, 0.1) is 22.4 Å². The number of aryl methyl sites for hydroxylation is 2. The van der Waals surface area contributed by atoms with E-state index in [1.807, 2.05) is 12.1 Å². The van der Waals surface area contributed by atoms with Crippen LogP contribution in [0.2, 0.25) is 0 Å². The molecule has 0 radical (unpaired) electrons. The molecule has 2 aromatic heterocycles. The Bertz CT molecular complexity index is 1970. The van der Waals surface area contributed by atoms with Crippen molar-refractivity contribution < 1.29 is 17.6 Å². The zero-order valence-electron chi connectivity index (χ0n) is 33.4. The monoisotopic (exact) mass is 762 g/mol. The first-order valence-electron chi connectivity index (χ1n) is 21.2. The Morgan fingerprint density at radius 2 is 0.696 bits per heavy atom. The Morgan fingerprint density at radius 3 is 1.04 bits per heavy atom. The van der Waals surface area contributed by atoms with Gasteiger partial charge in [0.2, 0.25) is 0 Å². The molecular weight excluding hydrogens is 705 g/mol. The second-order valence-electron chi connectivity index (χ2n) is 15.5. The number of halogens is 4. The minimum absolute atomic E-state index is 0.532. The van der Waals surface area contributed by atoms with Crippen molar-refractivity contribution >= 4 is 11.0 Å². The van der Waals surface area contributed by atoms with E-state index >= 15 is 0 Å². The molecule has 2 nitrogen and oxygen atoms in total. The van der Waals surface area contributed by atoms with Crippen LogP contribution in [0.1, 0.15) is 128 Å². The molecule has 0 aliphatic rings. The number of hydrogen-bond acceptors (Lipinski definition) is 0. The van der Waals surface area contributed by atoms with Gasteiger partial charge in [0, 0.05) is 22.5 Å². The lowest BCUT2D eigenvalue weighted by atomic mass is 10.0. The van der Waals surface area contributed by atoms with Crippen LogP contribution in [0.5, 0.6) is 0 Å². The van der Waals surface area contributed by atoms with E-state index in [2.05, 4.69) is 71.5 Å². The number of benzene rings is 4. The van der Waals surface area contributed by atoms with E-state index in [9.17, 15) is 17.6 Å². The van der Waals surface area contributed by atoms with E-state index in [-0.39, 0.29) is 0 Å². The van der Waals surface area contributed by atoms with Crippen LogP contribution >= 0.6 is 0 Å². The second kappa shape index (κ2) is 20.5. The molecule has 2 heterocycles. The van der Waals surface area contributed by atoms with Gasteiger partial charge in [-0.2, -0.15) is 0 Å². The second-order valence-corrected chi connectivity index (χ2v) is 15.5. The molecule has 0 amide bonds. The van der Waals surface area contributed by atoms with E-state index in [0.29, 0.717) is 22.5 Å². The predicted octanol–water partition coefficient (Wildman–Crippen LogP) is 15.7. The van der Waals surface area contributed by atoms with Gasteiger partial charge in [0.1, 0.15) is 0 Å². The highest BCUT2D eigenvalue weighted by Crippen LogP contribution is 2.39. The largest absolute Gasteiger partial charge is 0.308 e. The van der Waals surface area contributed by atoms with E-state index in [4.69, 9.17) is 0 Å². The highest BCUT2D eigenvalue weighted by Gasteiger charge is 2.22. The summed E-state index contributed by atoms with van der Waals surface area (Å²) in [6.45, 7) is 4.49. The quantitative estimate of drug-likeness (QED) is 0.0481. The molecule has 56 heavy (non-hydrogen) atoms. The van der Waals surface area contributed by atoms with Crippen molar-refractivity contribution in [3.63, 3.8) is 0 Å². The molecule has 0 N–H and O–H groups in total. The summed E-state index contributed by atoms with van der Waals surface area (Å²) in [6.07, 6.45) is 22.3. The fraction of sp³-hybridized carbons (Fsp3) is 0.400. The first kappa shape index (κ1) is 41.1. The number of nitrogens with zero attached hydrogens (tertiary/aromatic N) is 2. The SMILES string of the molecule is CCCCCCCCCCc1ccc(-n2c(-c3ccc(F)c(F)c3)cc3c2cc(-c2ccc(F)c(F)c2)n3-c2ccc(CCCCCCCCCC)cc2)cc1. The number of unbranched alkanes of at least 4 members (excludes halogenated alkanes) is 14. The number of rotatable bonds is 22. The molecule has 6 heteroatoms. The molecule has 0 saturated heterocycles. The van der Waals surface area contributed by atoms with Gasteiger partial charge in [-0.1, -0.05) is 128 Å². The maximum absolute atomic E-state index is 14.8. The Kier molecular flexibility index (Phi) is 15.1. The van der Waals surface area contributed by atoms with Crippen molar-refractivity contribution in [2.45, 2.75) is 129 Å². The van der Waals surface area contributed by atoms with Crippen molar-refractivity contribution in [2.24, 2.45) is 0 Å². The van der Waals surface area contributed by atoms with Crippen molar-refractivity contribution in [3.05, 3.63) is 131 Å². The maximum atomic E-state index is 14.8. The van der Waals surface area contributed by atoms with Gasteiger partial charge in [0.25, 0.3) is 0 Å². The fourth-order valence-corrected chi connectivity index (χ4v) is 8.00. The topological polar surface area (TPSA) is 9.86 Å². The zero-order chi connectivity index (χ0) is 39.3. The minimum Gasteiger partial charge on any atom is -0.308 e. The van der Waals surface area contributed by atoms with Gasteiger partial charge in [-0.25, -0.2) is 17.6 Å². The van der Waals surface area contributed by atoms with E-state index in [1.54, 1.807) is 12.1 Å². The highest BCUT2D eigenvalue weighted by molar-refractivity contribution is 5.93. The van der Waals surface area contributed by atoms with Gasteiger partial charge >= 0.3 is 0 Å². The molecule has 0 aliphatic heterocycles. The summed E-state index contributed by atoms with van der Waals surface area (Å²) >= 11 is 0. The molecule has 0 fully saturated rings. The summed E-state index contributed by atoms with van der Waals surface area (Å²) in [4.78, 5) is 0. The maximum Gasteiger partial charge on any atom is 0.159 e. The molecule has 6 aromatic rings. The van der Waals surface area contributed by atoms with Crippen molar-refractivity contribution in [3.8, 4) is 33.9 Å². The van der Waals surface area contributed by atoms with Crippen LogP contribution in [0.4, 0.5) is 17.6 Å². The lowest BCUT2D eigenvalue weighted by Crippen LogP contribution is -1.98. The minimum atomic E-state index is -0.918. The number of aromatic nitrogens is 2. The van der Waals surface area contributed by atoms with Gasteiger partial charge in [0.15, 0.2) is 23.3 Å². The van der Waals surface area contributed by atoms with Gasteiger partial charge in [-0.3, -0.25) is 0 Å². The van der Waals surface area contributed by atoms with Gasteiger partial charge in [-0.05, 0) is 110 Å². The van der Waals surface area contributed by atoms with Crippen molar-refractivity contribution in [2.75, 3.05) is 0 Å². The Hall–Kier alpha value is -4.58. The first-order chi connectivity index (χ1) is 27.4.